The SMILES string of the molecule is CCCCc1cc(NC(=O)Nc2ccccc2)n(-c2cc(CC(N)=O)c3ccccc3c2)n1. The number of hydrogen-bond acceptors (Lipinski definition) is 3. The van der Waals surface area contributed by atoms with E-state index in [0.29, 0.717) is 11.5 Å². The molecule has 0 aliphatic heterocycles. The second-order valence-corrected chi connectivity index (χ2v) is 7.95. The van der Waals surface area contributed by atoms with Crippen molar-refractivity contribution in [3.05, 3.63) is 84.1 Å². The van der Waals surface area contributed by atoms with Crippen LogP contribution in [0.4, 0.5) is 16.3 Å². The Morgan fingerprint density at radius 1 is 0.970 bits per heavy atom. The summed E-state index contributed by atoms with van der Waals surface area (Å²) < 4.78 is 1.71. The highest BCUT2D eigenvalue weighted by Gasteiger charge is 2.15. The van der Waals surface area contributed by atoms with Gasteiger partial charge in [0.15, 0.2) is 0 Å². The van der Waals surface area contributed by atoms with Gasteiger partial charge in [-0.15, -0.1) is 0 Å². The van der Waals surface area contributed by atoms with Crippen molar-refractivity contribution >= 4 is 34.2 Å². The van der Waals surface area contributed by atoms with Gasteiger partial charge >= 0.3 is 6.03 Å². The zero-order chi connectivity index (χ0) is 23.2. The Morgan fingerprint density at radius 2 is 1.73 bits per heavy atom. The number of amides is 3. The standard InChI is InChI=1S/C26H27N5O2/c1-2-3-10-21-17-25(29-26(33)28-20-11-5-4-6-12-20)31(30-21)22-14-18-9-7-8-13-23(18)19(15-22)16-24(27)32/h4-9,11-15,17H,2-3,10,16H2,1H3,(H2,27,32)(H2,28,29,33). The van der Waals surface area contributed by atoms with Crippen molar-refractivity contribution in [2.75, 3.05) is 10.6 Å². The van der Waals surface area contributed by atoms with E-state index in [1.54, 1.807) is 4.68 Å². The summed E-state index contributed by atoms with van der Waals surface area (Å²) >= 11 is 0. The number of unbranched alkanes of at least 4 members (excludes halogenated alkanes) is 1. The van der Waals surface area contributed by atoms with Crippen LogP contribution in [-0.2, 0) is 17.6 Å². The molecule has 4 rings (SSSR count). The Bertz CT molecular complexity index is 1280. The first-order valence-electron chi connectivity index (χ1n) is 11.1. The molecule has 0 radical (unpaired) electrons. The van der Waals surface area contributed by atoms with Crippen molar-refractivity contribution in [1.29, 1.82) is 0 Å². The van der Waals surface area contributed by atoms with Crippen LogP contribution < -0.4 is 16.4 Å². The smallest absolute Gasteiger partial charge is 0.324 e. The molecule has 1 aromatic heterocycles. The lowest BCUT2D eigenvalue weighted by molar-refractivity contribution is -0.117. The minimum absolute atomic E-state index is 0.121. The number of aryl methyl sites for hydroxylation is 1. The zero-order valence-electron chi connectivity index (χ0n) is 18.5. The molecule has 0 saturated heterocycles. The number of fused-ring (bicyclic) bond motifs is 1. The lowest BCUT2D eigenvalue weighted by Crippen LogP contribution is -2.21. The first kappa shape index (κ1) is 22.1. The first-order valence-corrected chi connectivity index (χ1v) is 11.1. The number of aromatic nitrogens is 2. The van der Waals surface area contributed by atoms with Crippen molar-refractivity contribution in [2.24, 2.45) is 5.73 Å². The molecule has 0 aliphatic rings. The molecule has 4 aromatic rings. The van der Waals surface area contributed by atoms with E-state index in [9.17, 15) is 9.59 Å². The van der Waals surface area contributed by atoms with E-state index in [0.717, 1.165) is 47.0 Å². The molecule has 4 N–H and O–H groups in total. The number of anilines is 2. The van der Waals surface area contributed by atoms with Gasteiger partial charge in [0.1, 0.15) is 5.82 Å². The van der Waals surface area contributed by atoms with Gasteiger partial charge in [0.2, 0.25) is 5.91 Å². The predicted molar refractivity (Wildman–Crippen MR) is 132 cm³/mol. The lowest BCUT2D eigenvalue weighted by Gasteiger charge is -2.13. The summed E-state index contributed by atoms with van der Waals surface area (Å²) in [5.74, 6) is 0.150. The summed E-state index contributed by atoms with van der Waals surface area (Å²) in [5, 5.41) is 12.5. The highest BCUT2D eigenvalue weighted by Crippen LogP contribution is 2.27. The number of primary amides is 1. The van der Waals surface area contributed by atoms with Gasteiger partial charge < -0.3 is 11.1 Å². The lowest BCUT2D eigenvalue weighted by atomic mass is 10.0. The van der Waals surface area contributed by atoms with Crippen LogP contribution in [0.1, 0.15) is 31.0 Å². The monoisotopic (exact) mass is 441 g/mol. The Kier molecular flexibility index (Phi) is 6.69. The van der Waals surface area contributed by atoms with Gasteiger partial charge in [0.05, 0.1) is 17.8 Å². The number of carbonyl (C=O) groups is 2. The molecular formula is C26H27N5O2. The first-order chi connectivity index (χ1) is 16.0. The van der Waals surface area contributed by atoms with Crippen LogP contribution in [0.15, 0.2) is 72.8 Å². The molecule has 33 heavy (non-hydrogen) atoms. The molecule has 1 heterocycles. The van der Waals surface area contributed by atoms with E-state index in [1.807, 2.05) is 72.8 Å². The van der Waals surface area contributed by atoms with Gasteiger partial charge in [0.25, 0.3) is 0 Å². The van der Waals surface area contributed by atoms with E-state index in [4.69, 9.17) is 10.8 Å². The number of nitrogens with one attached hydrogen (secondary N) is 2. The van der Waals surface area contributed by atoms with E-state index in [1.165, 1.54) is 0 Å². The number of carbonyl (C=O) groups excluding carboxylic acids is 2. The van der Waals surface area contributed by atoms with Crippen LogP contribution in [0.2, 0.25) is 0 Å². The van der Waals surface area contributed by atoms with Crippen LogP contribution in [0.3, 0.4) is 0 Å². The van der Waals surface area contributed by atoms with Crippen LogP contribution in [0.25, 0.3) is 16.5 Å². The molecule has 0 unspecified atom stereocenters. The van der Waals surface area contributed by atoms with Crippen LogP contribution >= 0.6 is 0 Å². The number of urea groups is 1. The second kappa shape index (κ2) is 9.99. The fourth-order valence-corrected chi connectivity index (χ4v) is 3.83. The van der Waals surface area contributed by atoms with Crippen LogP contribution in [-0.4, -0.2) is 21.7 Å². The largest absolute Gasteiger partial charge is 0.369 e. The number of para-hydroxylation sites is 1. The summed E-state index contributed by atoms with van der Waals surface area (Å²) in [6.45, 7) is 2.13. The van der Waals surface area contributed by atoms with Gasteiger partial charge in [-0.25, -0.2) is 9.48 Å². The van der Waals surface area contributed by atoms with E-state index in [2.05, 4.69) is 17.6 Å². The summed E-state index contributed by atoms with van der Waals surface area (Å²) in [6.07, 6.45) is 2.97. The minimum atomic E-state index is -0.401. The minimum Gasteiger partial charge on any atom is -0.369 e. The molecular weight excluding hydrogens is 414 g/mol. The van der Waals surface area contributed by atoms with Crippen LogP contribution in [0, 0.1) is 0 Å². The van der Waals surface area contributed by atoms with Crippen molar-refractivity contribution in [2.45, 2.75) is 32.6 Å². The average molecular weight is 442 g/mol. The highest BCUT2D eigenvalue weighted by molar-refractivity contribution is 5.99. The van der Waals surface area contributed by atoms with Crippen molar-refractivity contribution in [3.8, 4) is 5.69 Å². The van der Waals surface area contributed by atoms with E-state index >= 15 is 0 Å². The van der Waals surface area contributed by atoms with E-state index < -0.39 is 5.91 Å². The molecule has 168 valence electrons. The van der Waals surface area contributed by atoms with Gasteiger partial charge in [0, 0.05) is 11.8 Å². The molecule has 0 aliphatic carbocycles. The van der Waals surface area contributed by atoms with Gasteiger partial charge in [-0.3, -0.25) is 10.1 Å². The molecule has 0 saturated carbocycles. The van der Waals surface area contributed by atoms with Crippen molar-refractivity contribution in [3.63, 3.8) is 0 Å². The quantitative estimate of drug-likeness (QED) is 0.357. The maximum atomic E-state index is 12.7. The molecule has 3 amide bonds. The number of rotatable bonds is 8. The molecule has 7 heteroatoms. The maximum Gasteiger partial charge on any atom is 0.324 e. The average Bonchev–Trinajstić information content (AvgIpc) is 3.20. The number of nitrogens with zero attached hydrogens (tertiary/aromatic N) is 2. The highest BCUT2D eigenvalue weighted by atomic mass is 16.2. The molecule has 3 aromatic carbocycles. The zero-order valence-corrected chi connectivity index (χ0v) is 18.5. The van der Waals surface area contributed by atoms with Crippen molar-refractivity contribution in [1.82, 2.24) is 9.78 Å². The summed E-state index contributed by atoms with van der Waals surface area (Å²) in [7, 11) is 0. The van der Waals surface area contributed by atoms with Gasteiger partial charge in [-0.1, -0.05) is 55.8 Å². The normalized spacial score (nSPS) is 10.8. The predicted octanol–water partition coefficient (Wildman–Crippen LogP) is 5.04. The van der Waals surface area contributed by atoms with E-state index in [-0.39, 0.29) is 12.5 Å². The summed E-state index contributed by atoms with van der Waals surface area (Å²) in [6, 6.07) is 22.5. The second-order valence-electron chi connectivity index (χ2n) is 7.95. The molecule has 0 bridgehead atoms. The van der Waals surface area contributed by atoms with Gasteiger partial charge in [-0.05, 0) is 53.4 Å². The third-order valence-corrected chi connectivity index (χ3v) is 5.36. The van der Waals surface area contributed by atoms with Crippen LogP contribution in [0.5, 0.6) is 0 Å². The number of hydrogen-bond donors (Lipinski definition) is 3. The Morgan fingerprint density at radius 3 is 2.48 bits per heavy atom. The Hall–Kier alpha value is -4.13. The number of benzene rings is 3. The Balaban J connectivity index is 1.72. The fraction of sp³-hybridized carbons (Fsp3) is 0.192. The molecule has 0 atom stereocenters. The molecule has 7 nitrogen and oxygen atoms in total. The molecule has 0 spiro atoms. The fourth-order valence-electron chi connectivity index (χ4n) is 3.83. The molecule has 0 fully saturated rings. The summed E-state index contributed by atoms with van der Waals surface area (Å²) in [5.41, 5.74) is 8.66. The third-order valence-electron chi connectivity index (χ3n) is 5.36. The Labute approximate surface area is 192 Å². The maximum absolute atomic E-state index is 12.7. The topological polar surface area (TPSA) is 102 Å². The van der Waals surface area contributed by atoms with Crippen molar-refractivity contribution < 1.29 is 9.59 Å². The summed E-state index contributed by atoms with van der Waals surface area (Å²) in [4.78, 5) is 24.4. The third kappa shape index (κ3) is 5.38. The van der Waals surface area contributed by atoms with Gasteiger partial charge in [-0.2, -0.15) is 5.10 Å². The number of nitrogens with two attached hydrogens (primary N) is 1.